The van der Waals surface area contributed by atoms with Crippen molar-refractivity contribution < 1.29 is 4.39 Å². The van der Waals surface area contributed by atoms with Crippen LogP contribution in [0.3, 0.4) is 0 Å². The van der Waals surface area contributed by atoms with Crippen molar-refractivity contribution in [2.45, 2.75) is 31.7 Å². The van der Waals surface area contributed by atoms with Crippen molar-refractivity contribution in [3.05, 3.63) is 29.8 Å². The van der Waals surface area contributed by atoms with Crippen LogP contribution >= 0.6 is 0 Å². The van der Waals surface area contributed by atoms with Crippen LogP contribution < -0.4 is 5.32 Å². The Morgan fingerprint density at radius 1 is 1.60 bits per heavy atom. The van der Waals surface area contributed by atoms with E-state index < -0.39 is 0 Å². The molecule has 1 heterocycles. The summed E-state index contributed by atoms with van der Waals surface area (Å²) in [4.78, 5) is 3.77. The summed E-state index contributed by atoms with van der Waals surface area (Å²) in [6.45, 7) is 0. The Kier molecular flexibility index (Phi) is 3.31. The van der Waals surface area contributed by atoms with Gasteiger partial charge in [-0.2, -0.15) is 0 Å². The van der Waals surface area contributed by atoms with Crippen LogP contribution in [0.2, 0.25) is 0 Å². The number of nitrogens with zero attached hydrogens (tertiary/aromatic N) is 1. The number of rotatable bonds is 5. The van der Waals surface area contributed by atoms with Gasteiger partial charge in [0.15, 0.2) is 0 Å². The molecule has 1 aromatic rings. The second-order valence-electron chi connectivity index (χ2n) is 4.26. The fraction of sp³-hybridized carbons (Fsp3) is 0.583. The molecule has 1 N–H and O–H groups in total. The summed E-state index contributed by atoms with van der Waals surface area (Å²) < 4.78 is 13.5. The Labute approximate surface area is 89.9 Å². The van der Waals surface area contributed by atoms with E-state index >= 15 is 0 Å². The minimum absolute atomic E-state index is 0.133. The topological polar surface area (TPSA) is 24.9 Å². The third-order valence-corrected chi connectivity index (χ3v) is 3.09. The summed E-state index contributed by atoms with van der Waals surface area (Å²) in [6, 6.07) is 1.90. The molecule has 1 unspecified atom stereocenters. The van der Waals surface area contributed by atoms with Gasteiger partial charge in [-0.15, -0.1) is 0 Å². The summed E-state index contributed by atoms with van der Waals surface area (Å²) in [7, 11) is 1.89. The molecule has 1 aliphatic carbocycles. The Morgan fingerprint density at radius 3 is 3.00 bits per heavy atom. The monoisotopic (exact) mass is 208 g/mol. The predicted molar refractivity (Wildman–Crippen MR) is 58.0 cm³/mol. The van der Waals surface area contributed by atoms with E-state index in [4.69, 9.17) is 0 Å². The lowest BCUT2D eigenvalue weighted by atomic mass is 10.0. The standard InChI is InChI=1S/C12H17FN2/c1-14-12(5-4-9-2-3-9)10-6-7-15-8-11(10)13/h6-9,12,14H,2-5H2,1H3. The average molecular weight is 208 g/mol. The van der Waals surface area contributed by atoms with Crippen molar-refractivity contribution >= 4 is 0 Å². The molecule has 0 saturated heterocycles. The molecule has 3 heteroatoms. The van der Waals surface area contributed by atoms with E-state index in [-0.39, 0.29) is 11.9 Å². The van der Waals surface area contributed by atoms with E-state index in [1.54, 1.807) is 12.3 Å². The highest BCUT2D eigenvalue weighted by Crippen LogP contribution is 2.36. The summed E-state index contributed by atoms with van der Waals surface area (Å²) in [5, 5.41) is 3.17. The summed E-state index contributed by atoms with van der Waals surface area (Å²) in [6.07, 6.45) is 7.87. The van der Waals surface area contributed by atoms with Crippen LogP contribution in [0.25, 0.3) is 0 Å². The average Bonchev–Trinajstić information content (AvgIpc) is 3.05. The van der Waals surface area contributed by atoms with Crippen LogP contribution in [0.15, 0.2) is 18.5 Å². The molecule has 1 saturated carbocycles. The normalized spacial score (nSPS) is 17.7. The molecule has 1 aliphatic rings. The molecule has 82 valence electrons. The fourth-order valence-electron chi connectivity index (χ4n) is 1.93. The van der Waals surface area contributed by atoms with Gasteiger partial charge in [-0.05, 0) is 31.9 Å². The van der Waals surface area contributed by atoms with Gasteiger partial charge in [-0.25, -0.2) is 4.39 Å². The summed E-state index contributed by atoms with van der Waals surface area (Å²) in [5.74, 6) is 0.693. The van der Waals surface area contributed by atoms with E-state index in [1.807, 2.05) is 7.05 Å². The number of aromatic nitrogens is 1. The Balaban J connectivity index is 2.00. The second kappa shape index (κ2) is 4.71. The van der Waals surface area contributed by atoms with Gasteiger partial charge in [0.05, 0.1) is 6.20 Å². The number of halogens is 1. The molecule has 1 aromatic heterocycles. The van der Waals surface area contributed by atoms with Gasteiger partial charge in [0, 0.05) is 17.8 Å². The van der Waals surface area contributed by atoms with Crippen LogP contribution in [-0.2, 0) is 0 Å². The lowest BCUT2D eigenvalue weighted by Crippen LogP contribution is -2.18. The zero-order valence-corrected chi connectivity index (χ0v) is 9.04. The van der Waals surface area contributed by atoms with Gasteiger partial charge in [-0.3, -0.25) is 4.98 Å². The molecular weight excluding hydrogens is 191 g/mol. The van der Waals surface area contributed by atoms with Crippen molar-refractivity contribution in [3.8, 4) is 0 Å². The van der Waals surface area contributed by atoms with Gasteiger partial charge in [0.1, 0.15) is 5.82 Å². The highest BCUT2D eigenvalue weighted by atomic mass is 19.1. The Morgan fingerprint density at radius 2 is 2.40 bits per heavy atom. The highest BCUT2D eigenvalue weighted by Gasteiger charge is 2.23. The molecule has 0 aliphatic heterocycles. The first kappa shape index (κ1) is 10.6. The minimum atomic E-state index is -0.201. The molecule has 2 rings (SSSR count). The van der Waals surface area contributed by atoms with E-state index in [2.05, 4.69) is 10.3 Å². The highest BCUT2D eigenvalue weighted by molar-refractivity contribution is 5.17. The van der Waals surface area contributed by atoms with Gasteiger partial charge in [0.2, 0.25) is 0 Å². The molecule has 1 atom stereocenters. The van der Waals surface area contributed by atoms with Crippen molar-refractivity contribution in [1.82, 2.24) is 10.3 Å². The zero-order chi connectivity index (χ0) is 10.7. The maximum Gasteiger partial charge on any atom is 0.146 e. The van der Waals surface area contributed by atoms with Gasteiger partial charge in [0.25, 0.3) is 0 Å². The SMILES string of the molecule is CNC(CCC1CC1)c1ccncc1F. The number of nitrogens with one attached hydrogen (secondary N) is 1. The Hall–Kier alpha value is -0.960. The molecule has 0 spiro atoms. The Bertz CT molecular complexity index is 323. The van der Waals surface area contributed by atoms with Crippen LogP contribution in [-0.4, -0.2) is 12.0 Å². The van der Waals surface area contributed by atoms with Crippen LogP contribution in [0.1, 0.15) is 37.3 Å². The smallest absolute Gasteiger partial charge is 0.146 e. The van der Waals surface area contributed by atoms with E-state index in [0.717, 1.165) is 17.9 Å². The molecule has 0 radical (unpaired) electrons. The lowest BCUT2D eigenvalue weighted by Gasteiger charge is -2.16. The molecule has 0 bridgehead atoms. The third kappa shape index (κ3) is 2.75. The summed E-state index contributed by atoms with van der Waals surface area (Å²) in [5.41, 5.74) is 0.744. The van der Waals surface area contributed by atoms with Gasteiger partial charge < -0.3 is 5.32 Å². The largest absolute Gasteiger partial charge is 0.313 e. The molecular formula is C12H17FN2. The minimum Gasteiger partial charge on any atom is -0.313 e. The second-order valence-corrected chi connectivity index (χ2v) is 4.26. The molecule has 15 heavy (non-hydrogen) atoms. The summed E-state index contributed by atoms with van der Waals surface area (Å²) >= 11 is 0. The molecule has 2 nitrogen and oxygen atoms in total. The third-order valence-electron chi connectivity index (χ3n) is 3.09. The molecule has 0 aromatic carbocycles. The van der Waals surface area contributed by atoms with Crippen molar-refractivity contribution in [1.29, 1.82) is 0 Å². The van der Waals surface area contributed by atoms with E-state index in [1.165, 1.54) is 25.5 Å². The first-order chi connectivity index (χ1) is 7.31. The quantitative estimate of drug-likeness (QED) is 0.804. The maximum atomic E-state index is 13.5. The van der Waals surface area contributed by atoms with E-state index in [0.29, 0.717) is 0 Å². The van der Waals surface area contributed by atoms with E-state index in [9.17, 15) is 4.39 Å². The van der Waals surface area contributed by atoms with Crippen LogP contribution in [0.5, 0.6) is 0 Å². The van der Waals surface area contributed by atoms with Crippen molar-refractivity contribution in [2.24, 2.45) is 5.92 Å². The van der Waals surface area contributed by atoms with Crippen LogP contribution in [0, 0.1) is 11.7 Å². The first-order valence-electron chi connectivity index (χ1n) is 5.58. The predicted octanol–water partition coefficient (Wildman–Crippen LogP) is 2.67. The number of hydrogen-bond donors (Lipinski definition) is 1. The maximum absolute atomic E-state index is 13.5. The number of hydrogen-bond acceptors (Lipinski definition) is 2. The number of pyridine rings is 1. The first-order valence-corrected chi connectivity index (χ1v) is 5.58. The van der Waals surface area contributed by atoms with Gasteiger partial charge in [-0.1, -0.05) is 12.8 Å². The van der Waals surface area contributed by atoms with Gasteiger partial charge >= 0.3 is 0 Å². The van der Waals surface area contributed by atoms with Crippen LogP contribution in [0.4, 0.5) is 4.39 Å². The molecule has 1 fully saturated rings. The zero-order valence-electron chi connectivity index (χ0n) is 9.04. The van der Waals surface area contributed by atoms with Crippen molar-refractivity contribution in [2.75, 3.05) is 7.05 Å². The molecule has 0 amide bonds. The fourth-order valence-corrected chi connectivity index (χ4v) is 1.93. The lowest BCUT2D eigenvalue weighted by molar-refractivity contribution is 0.478. The van der Waals surface area contributed by atoms with Crippen molar-refractivity contribution in [3.63, 3.8) is 0 Å².